The first-order valence-electron chi connectivity index (χ1n) is 6.61. The van der Waals surface area contributed by atoms with E-state index < -0.39 is 0 Å². The highest BCUT2D eigenvalue weighted by molar-refractivity contribution is 5.85. The van der Waals surface area contributed by atoms with Crippen LogP contribution in [0.25, 0.3) is 0 Å². The van der Waals surface area contributed by atoms with E-state index in [4.69, 9.17) is 5.73 Å². The fourth-order valence-corrected chi connectivity index (χ4v) is 2.35. The third kappa shape index (κ3) is 6.80. The van der Waals surface area contributed by atoms with Crippen LogP contribution in [0.2, 0.25) is 0 Å². The second-order valence-electron chi connectivity index (χ2n) is 5.80. The predicted octanol–water partition coefficient (Wildman–Crippen LogP) is 1.61. The van der Waals surface area contributed by atoms with Gasteiger partial charge in [0.15, 0.2) is 0 Å². The molecule has 0 aromatic rings. The van der Waals surface area contributed by atoms with Crippen LogP contribution in [0, 0.1) is 11.8 Å². The Morgan fingerprint density at radius 2 is 1.74 bits per heavy atom. The lowest BCUT2D eigenvalue weighted by atomic mass is 9.95. The summed E-state index contributed by atoms with van der Waals surface area (Å²) >= 11 is 0. The van der Waals surface area contributed by atoms with Gasteiger partial charge in [-0.2, -0.15) is 0 Å². The van der Waals surface area contributed by atoms with Crippen molar-refractivity contribution in [2.75, 3.05) is 33.7 Å². The lowest BCUT2D eigenvalue weighted by Gasteiger charge is -2.35. The van der Waals surface area contributed by atoms with Crippen molar-refractivity contribution in [2.45, 2.75) is 32.7 Å². The predicted molar refractivity (Wildman–Crippen MR) is 85.2 cm³/mol. The van der Waals surface area contributed by atoms with Gasteiger partial charge in [-0.15, -0.1) is 24.8 Å². The summed E-state index contributed by atoms with van der Waals surface area (Å²) in [5.41, 5.74) is 5.91. The maximum Gasteiger partial charge on any atom is 0.239 e. The fraction of sp³-hybridized carbons (Fsp3) is 0.923. The van der Waals surface area contributed by atoms with Crippen molar-refractivity contribution in [3.8, 4) is 0 Å². The first-order chi connectivity index (χ1) is 7.91. The van der Waals surface area contributed by atoms with Gasteiger partial charge in [0.2, 0.25) is 5.91 Å². The Morgan fingerprint density at radius 3 is 2.11 bits per heavy atom. The number of amides is 1. The minimum absolute atomic E-state index is 0. The number of nitrogens with zero attached hydrogens (tertiary/aromatic N) is 2. The number of piperidine rings is 1. The van der Waals surface area contributed by atoms with Gasteiger partial charge in [-0.05, 0) is 38.8 Å². The SMILES string of the molecule is CC(C)[C@@H](N)C(=O)N1CCC(CN(C)C)CC1.Cl.Cl. The summed E-state index contributed by atoms with van der Waals surface area (Å²) < 4.78 is 0. The summed E-state index contributed by atoms with van der Waals surface area (Å²) in [6, 6.07) is -0.333. The van der Waals surface area contributed by atoms with Gasteiger partial charge in [-0.25, -0.2) is 0 Å². The molecule has 1 fully saturated rings. The van der Waals surface area contributed by atoms with Crippen LogP contribution in [0.5, 0.6) is 0 Å². The summed E-state index contributed by atoms with van der Waals surface area (Å²) in [6.07, 6.45) is 2.21. The molecular weight excluding hydrogens is 285 g/mol. The molecule has 1 amide bonds. The zero-order valence-corrected chi connectivity index (χ0v) is 14.1. The number of hydrogen-bond donors (Lipinski definition) is 1. The van der Waals surface area contributed by atoms with Crippen LogP contribution in [-0.2, 0) is 4.79 Å². The molecule has 1 aliphatic rings. The van der Waals surface area contributed by atoms with E-state index in [0.717, 1.165) is 38.4 Å². The highest BCUT2D eigenvalue weighted by atomic mass is 35.5. The Labute approximate surface area is 129 Å². The highest BCUT2D eigenvalue weighted by Gasteiger charge is 2.27. The van der Waals surface area contributed by atoms with Crippen LogP contribution in [0.4, 0.5) is 0 Å². The molecule has 1 saturated heterocycles. The Hall–Kier alpha value is -0.0300. The molecule has 1 atom stereocenters. The Balaban J connectivity index is 0. The molecule has 6 heteroatoms. The average molecular weight is 314 g/mol. The van der Waals surface area contributed by atoms with E-state index in [0.29, 0.717) is 0 Å². The molecule has 0 unspecified atom stereocenters. The van der Waals surface area contributed by atoms with Crippen LogP contribution in [0.3, 0.4) is 0 Å². The summed E-state index contributed by atoms with van der Waals surface area (Å²) in [5, 5.41) is 0. The van der Waals surface area contributed by atoms with Crippen LogP contribution >= 0.6 is 24.8 Å². The van der Waals surface area contributed by atoms with Crippen molar-refractivity contribution in [1.29, 1.82) is 0 Å². The van der Waals surface area contributed by atoms with Crippen LogP contribution < -0.4 is 5.73 Å². The monoisotopic (exact) mass is 313 g/mol. The number of hydrogen-bond acceptors (Lipinski definition) is 3. The largest absolute Gasteiger partial charge is 0.341 e. The molecule has 0 spiro atoms. The Morgan fingerprint density at radius 1 is 1.26 bits per heavy atom. The van der Waals surface area contributed by atoms with Crippen molar-refractivity contribution in [2.24, 2.45) is 17.6 Å². The van der Waals surface area contributed by atoms with Crippen LogP contribution in [0.1, 0.15) is 26.7 Å². The van der Waals surface area contributed by atoms with Gasteiger partial charge in [-0.3, -0.25) is 4.79 Å². The van der Waals surface area contributed by atoms with Crippen molar-refractivity contribution in [1.82, 2.24) is 9.80 Å². The molecule has 0 aromatic heterocycles. The van der Waals surface area contributed by atoms with Gasteiger partial charge < -0.3 is 15.5 Å². The maximum absolute atomic E-state index is 12.1. The number of carbonyl (C=O) groups is 1. The third-order valence-corrected chi connectivity index (χ3v) is 3.55. The van der Waals surface area contributed by atoms with E-state index in [2.05, 4.69) is 19.0 Å². The minimum atomic E-state index is -0.333. The number of carbonyl (C=O) groups excluding carboxylic acids is 1. The summed E-state index contributed by atoms with van der Waals surface area (Å²) in [6.45, 7) is 6.87. The average Bonchev–Trinajstić information content (AvgIpc) is 2.27. The van der Waals surface area contributed by atoms with E-state index in [1.807, 2.05) is 18.7 Å². The lowest BCUT2D eigenvalue weighted by molar-refractivity contribution is -0.135. The fourth-order valence-electron chi connectivity index (χ4n) is 2.35. The highest BCUT2D eigenvalue weighted by Crippen LogP contribution is 2.19. The molecule has 4 nitrogen and oxygen atoms in total. The Kier molecular flexibility index (Phi) is 11.0. The molecule has 0 bridgehead atoms. The van der Waals surface area contributed by atoms with Crippen molar-refractivity contribution in [3.05, 3.63) is 0 Å². The molecular formula is C13H29Cl2N3O. The first-order valence-corrected chi connectivity index (χ1v) is 6.61. The molecule has 2 N–H and O–H groups in total. The second-order valence-corrected chi connectivity index (χ2v) is 5.80. The maximum atomic E-state index is 12.1. The smallest absolute Gasteiger partial charge is 0.239 e. The molecule has 116 valence electrons. The molecule has 0 aliphatic carbocycles. The standard InChI is InChI=1S/C13H27N3O.2ClH/c1-10(2)12(14)13(17)16-7-5-11(6-8-16)9-15(3)4;;/h10-12H,5-9,14H2,1-4H3;2*1H/t12-;;/m1../s1. The van der Waals surface area contributed by atoms with Crippen LogP contribution in [0.15, 0.2) is 0 Å². The van der Waals surface area contributed by atoms with E-state index in [-0.39, 0.29) is 42.7 Å². The number of likely N-dealkylation sites (tertiary alicyclic amines) is 1. The van der Waals surface area contributed by atoms with Gasteiger partial charge >= 0.3 is 0 Å². The minimum Gasteiger partial charge on any atom is -0.341 e. The van der Waals surface area contributed by atoms with E-state index in [1.54, 1.807) is 0 Å². The molecule has 19 heavy (non-hydrogen) atoms. The quantitative estimate of drug-likeness (QED) is 0.858. The van der Waals surface area contributed by atoms with E-state index >= 15 is 0 Å². The summed E-state index contributed by atoms with van der Waals surface area (Å²) in [4.78, 5) is 16.2. The number of halogens is 2. The van der Waals surface area contributed by atoms with Gasteiger partial charge in [0.05, 0.1) is 6.04 Å². The molecule has 1 heterocycles. The van der Waals surface area contributed by atoms with Crippen molar-refractivity contribution >= 4 is 30.7 Å². The van der Waals surface area contributed by atoms with E-state index in [1.165, 1.54) is 0 Å². The summed E-state index contributed by atoms with van der Waals surface area (Å²) in [7, 11) is 4.21. The van der Waals surface area contributed by atoms with Gasteiger partial charge in [-0.1, -0.05) is 13.8 Å². The molecule has 0 radical (unpaired) electrons. The summed E-state index contributed by atoms with van der Waals surface area (Å²) in [5.74, 6) is 1.08. The van der Waals surface area contributed by atoms with Crippen molar-refractivity contribution in [3.63, 3.8) is 0 Å². The Bertz CT molecular complexity index is 254. The molecule has 0 saturated carbocycles. The number of nitrogens with two attached hydrogens (primary N) is 1. The second kappa shape index (κ2) is 9.81. The zero-order valence-electron chi connectivity index (χ0n) is 12.5. The van der Waals surface area contributed by atoms with Crippen LogP contribution in [-0.4, -0.2) is 55.5 Å². The van der Waals surface area contributed by atoms with Gasteiger partial charge in [0.25, 0.3) is 0 Å². The first kappa shape index (κ1) is 21.3. The topological polar surface area (TPSA) is 49.6 Å². The molecule has 0 aromatic carbocycles. The van der Waals surface area contributed by atoms with Gasteiger partial charge in [0.1, 0.15) is 0 Å². The lowest BCUT2D eigenvalue weighted by Crippen LogP contribution is -2.49. The van der Waals surface area contributed by atoms with Gasteiger partial charge in [0, 0.05) is 19.6 Å². The normalized spacial score (nSPS) is 17.9. The third-order valence-electron chi connectivity index (χ3n) is 3.55. The van der Waals surface area contributed by atoms with Crippen molar-refractivity contribution < 1.29 is 4.79 Å². The number of rotatable bonds is 4. The zero-order chi connectivity index (χ0) is 13.0. The molecule has 1 rings (SSSR count). The molecule has 1 aliphatic heterocycles. The van der Waals surface area contributed by atoms with E-state index in [9.17, 15) is 4.79 Å².